The molecular weight excluding hydrogens is 206 g/mol. The van der Waals surface area contributed by atoms with E-state index in [4.69, 9.17) is 5.26 Å². The fourth-order valence-electron chi connectivity index (χ4n) is 1.57. The van der Waals surface area contributed by atoms with Gasteiger partial charge in [0.25, 0.3) is 0 Å². The molecule has 0 unspecified atom stereocenters. The van der Waals surface area contributed by atoms with Gasteiger partial charge in [-0.15, -0.1) is 0 Å². The quantitative estimate of drug-likeness (QED) is 0.734. The average Bonchev–Trinajstić information content (AvgIpc) is 2.58. The summed E-state index contributed by atoms with van der Waals surface area (Å²) in [4.78, 5) is 23.6. The van der Waals surface area contributed by atoms with E-state index < -0.39 is 0 Å². The van der Waals surface area contributed by atoms with Crippen LogP contribution in [-0.4, -0.2) is 23.4 Å². The van der Waals surface area contributed by atoms with Crippen molar-refractivity contribution in [1.29, 1.82) is 5.26 Å². The van der Waals surface area contributed by atoms with E-state index in [2.05, 4.69) is 5.32 Å². The largest absolute Gasteiger partial charge is 0.324 e. The topological polar surface area (TPSA) is 73.2 Å². The number of carbonyl (C=O) groups is 2. The van der Waals surface area contributed by atoms with Gasteiger partial charge >= 0.3 is 6.03 Å². The van der Waals surface area contributed by atoms with Crippen LogP contribution in [-0.2, 0) is 11.3 Å². The number of carbonyl (C=O) groups excluding carboxylic acids is 2. The third-order valence-electron chi connectivity index (χ3n) is 2.30. The van der Waals surface area contributed by atoms with E-state index in [0.717, 1.165) is 5.56 Å². The zero-order chi connectivity index (χ0) is 11.5. The predicted molar refractivity (Wildman–Crippen MR) is 55.1 cm³/mol. The Morgan fingerprint density at radius 1 is 1.44 bits per heavy atom. The number of benzene rings is 1. The standard InChI is InChI=1S/C11H9N3O2/c12-5-8-2-1-3-9(4-8)6-14-7-10(15)13-11(14)16/h1-4H,6-7H2,(H,13,15,16). The monoisotopic (exact) mass is 215 g/mol. The molecule has 1 aromatic carbocycles. The Morgan fingerprint density at radius 2 is 2.25 bits per heavy atom. The molecule has 1 N–H and O–H groups in total. The van der Waals surface area contributed by atoms with E-state index in [1.807, 2.05) is 12.1 Å². The minimum absolute atomic E-state index is 0.0790. The van der Waals surface area contributed by atoms with Crippen molar-refractivity contribution in [1.82, 2.24) is 10.2 Å². The Bertz CT molecular complexity index is 490. The SMILES string of the molecule is N#Cc1cccc(CN2CC(=O)NC2=O)c1. The molecule has 0 saturated carbocycles. The average molecular weight is 215 g/mol. The number of nitrogens with one attached hydrogen (secondary N) is 1. The van der Waals surface area contributed by atoms with Crippen LogP contribution < -0.4 is 5.32 Å². The molecule has 3 amide bonds. The highest BCUT2D eigenvalue weighted by Crippen LogP contribution is 2.09. The molecule has 0 aliphatic carbocycles. The third kappa shape index (κ3) is 2.01. The molecule has 1 heterocycles. The number of hydrogen-bond donors (Lipinski definition) is 1. The molecular formula is C11H9N3O2. The van der Waals surface area contributed by atoms with Gasteiger partial charge in [-0.2, -0.15) is 5.26 Å². The van der Waals surface area contributed by atoms with Gasteiger partial charge in [0, 0.05) is 6.54 Å². The van der Waals surface area contributed by atoms with Gasteiger partial charge in [0.2, 0.25) is 5.91 Å². The molecule has 0 bridgehead atoms. The Kier molecular flexibility index (Phi) is 2.56. The van der Waals surface area contributed by atoms with Crippen LogP contribution in [0.3, 0.4) is 0 Å². The molecule has 1 fully saturated rings. The van der Waals surface area contributed by atoms with Crippen LogP contribution in [0.4, 0.5) is 4.79 Å². The van der Waals surface area contributed by atoms with Gasteiger partial charge in [0.15, 0.2) is 0 Å². The summed E-state index contributed by atoms with van der Waals surface area (Å²) in [5, 5.41) is 10.9. The molecule has 0 aromatic heterocycles. The number of hydrogen-bond acceptors (Lipinski definition) is 3. The van der Waals surface area contributed by atoms with Gasteiger partial charge in [0.1, 0.15) is 6.54 Å². The maximum Gasteiger partial charge on any atom is 0.324 e. The highest BCUT2D eigenvalue weighted by molar-refractivity contribution is 6.01. The summed E-state index contributed by atoms with van der Waals surface area (Å²) in [6, 6.07) is 8.61. The first-order chi connectivity index (χ1) is 7.69. The van der Waals surface area contributed by atoms with Crippen LogP contribution in [0.5, 0.6) is 0 Å². The lowest BCUT2D eigenvalue weighted by atomic mass is 10.1. The van der Waals surface area contributed by atoms with E-state index in [-0.39, 0.29) is 18.5 Å². The summed E-state index contributed by atoms with van der Waals surface area (Å²) in [5.41, 5.74) is 1.38. The number of nitrogens with zero attached hydrogens (tertiary/aromatic N) is 2. The second-order valence-corrected chi connectivity index (χ2v) is 3.52. The van der Waals surface area contributed by atoms with Gasteiger partial charge in [0.05, 0.1) is 11.6 Å². The second-order valence-electron chi connectivity index (χ2n) is 3.52. The Balaban J connectivity index is 2.12. The van der Waals surface area contributed by atoms with Crippen LogP contribution in [0.1, 0.15) is 11.1 Å². The number of rotatable bonds is 2. The molecule has 0 radical (unpaired) electrons. The lowest BCUT2D eigenvalue weighted by Gasteiger charge is -2.12. The minimum atomic E-state index is -0.382. The predicted octanol–water partition coefficient (Wildman–Crippen LogP) is 0.610. The van der Waals surface area contributed by atoms with E-state index in [1.54, 1.807) is 18.2 Å². The molecule has 80 valence electrons. The molecule has 1 aromatic rings. The zero-order valence-corrected chi connectivity index (χ0v) is 8.43. The molecule has 1 aliphatic rings. The van der Waals surface area contributed by atoms with Crippen LogP contribution in [0, 0.1) is 11.3 Å². The molecule has 0 spiro atoms. The summed E-state index contributed by atoms with van der Waals surface area (Å²) in [7, 11) is 0. The summed E-state index contributed by atoms with van der Waals surface area (Å²) in [6.45, 7) is 0.419. The van der Waals surface area contributed by atoms with E-state index in [9.17, 15) is 9.59 Å². The summed E-state index contributed by atoms with van der Waals surface area (Å²) in [6.07, 6.45) is 0. The van der Waals surface area contributed by atoms with Crippen molar-refractivity contribution in [2.75, 3.05) is 6.54 Å². The van der Waals surface area contributed by atoms with Gasteiger partial charge in [-0.05, 0) is 17.7 Å². The van der Waals surface area contributed by atoms with E-state index in [0.29, 0.717) is 12.1 Å². The Hall–Kier alpha value is -2.35. The summed E-state index contributed by atoms with van der Waals surface area (Å²) >= 11 is 0. The van der Waals surface area contributed by atoms with E-state index in [1.165, 1.54) is 4.90 Å². The van der Waals surface area contributed by atoms with Crippen molar-refractivity contribution in [3.63, 3.8) is 0 Å². The van der Waals surface area contributed by atoms with Crippen LogP contribution >= 0.6 is 0 Å². The van der Waals surface area contributed by atoms with Crippen molar-refractivity contribution in [3.8, 4) is 6.07 Å². The lowest BCUT2D eigenvalue weighted by molar-refractivity contribution is -0.118. The van der Waals surface area contributed by atoms with Crippen LogP contribution in [0.25, 0.3) is 0 Å². The van der Waals surface area contributed by atoms with Crippen molar-refractivity contribution in [2.45, 2.75) is 6.54 Å². The van der Waals surface area contributed by atoms with Crippen molar-refractivity contribution < 1.29 is 9.59 Å². The molecule has 1 aliphatic heterocycles. The smallest absolute Gasteiger partial charge is 0.311 e. The second kappa shape index (κ2) is 4.03. The maximum absolute atomic E-state index is 11.3. The first-order valence-corrected chi connectivity index (χ1v) is 4.77. The number of amides is 3. The van der Waals surface area contributed by atoms with Crippen LogP contribution in [0.15, 0.2) is 24.3 Å². The molecule has 0 atom stereocenters. The summed E-state index contributed by atoms with van der Waals surface area (Å²) in [5.74, 6) is -0.290. The molecule has 2 rings (SSSR count). The normalized spacial score (nSPS) is 14.8. The van der Waals surface area contributed by atoms with Gasteiger partial charge < -0.3 is 4.90 Å². The van der Waals surface area contributed by atoms with Gasteiger partial charge in [-0.25, -0.2) is 4.79 Å². The highest BCUT2D eigenvalue weighted by atomic mass is 16.2. The van der Waals surface area contributed by atoms with Crippen molar-refractivity contribution in [2.24, 2.45) is 0 Å². The van der Waals surface area contributed by atoms with Crippen LogP contribution in [0.2, 0.25) is 0 Å². The maximum atomic E-state index is 11.3. The van der Waals surface area contributed by atoms with Gasteiger partial charge in [-0.3, -0.25) is 10.1 Å². The fraction of sp³-hybridized carbons (Fsp3) is 0.182. The lowest BCUT2D eigenvalue weighted by Crippen LogP contribution is -2.27. The number of imide groups is 1. The first-order valence-electron chi connectivity index (χ1n) is 4.77. The Labute approximate surface area is 92.3 Å². The molecule has 1 saturated heterocycles. The summed E-state index contributed by atoms with van der Waals surface area (Å²) < 4.78 is 0. The van der Waals surface area contributed by atoms with Gasteiger partial charge in [-0.1, -0.05) is 12.1 Å². The molecule has 16 heavy (non-hydrogen) atoms. The fourth-order valence-corrected chi connectivity index (χ4v) is 1.57. The minimum Gasteiger partial charge on any atom is -0.311 e. The first kappa shape index (κ1) is 10.2. The zero-order valence-electron chi connectivity index (χ0n) is 8.43. The number of urea groups is 1. The third-order valence-corrected chi connectivity index (χ3v) is 2.30. The Morgan fingerprint density at radius 3 is 2.88 bits per heavy atom. The molecule has 5 heteroatoms. The van der Waals surface area contributed by atoms with E-state index >= 15 is 0 Å². The molecule has 5 nitrogen and oxygen atoms in total. The van der Waals surface area contributed by atoms with Crippen molar-refractivity contribution >= 4 is 11.9 Å². The van der Waals surface area contributed by atoms with Crippen molar-refractivity contribution in [3.05, 3.63) is 35.4 Å². The highest BCUT2D eigenvalue weighted by Gasteiger charge is 2.26. The number of nitriles is 1.